The van der Waals surface area contributed by atoms with Crippen molar-refractivity contribution in [2.75, 3.05) is 21.1 Å². The van der Waals surface area contributed by atoms with Gasteiger partial charge in [0.15, 0.2) is 6.10 Å². The smallest absolute Gasteiger partial charge is 0.287 e. The molecule has 1 saturated heterocycles. The summed E-state index contributed by atoms with van der Waals surface area (Å²) < 4.78 is 20.6. The highest BCUT2D eigenvalue weighted by molar-refractivity contribution is 7.54. The second-order valence-corrected chi connectivity index (χ2v) is 5.84. The van der Waals surface area contributed by atoms with Crippen LogP contribution in [0.2, 0.25) is 0 Å². The minimum absolute atomic E-state index is 0.423. The van der Waals surface area contributed by atoms with Crippen LogP contribution in [-0.4, -0.2) is 42.6 Å². The van der Waals surface area contributed by atoms with E-state index in [1.165, 1.54) is 9.34 Å². The van der Waals surface area contributed by atoms with Gasteiger partial charge in [-0.15, -0.1) is 12.8 Å². The first-order valence-electron chi connectivity index (χ1n) is 4.09. The molecule has 3 atom stereocenters. The van der Waals surface area contributed by atoms with Gasteiger partial charge in [0.2, 0.25) is 0 Å². The highest BCUT2D eigenvalue weighted by Gasteiger charge is 2.48. The van der Waals surface area contributed by atoms with Crippen LogP contribution in [-0.2, 0) is 9.09 Å². The fourth-order valence-corrected chi connectivity index (χ4v) is 3.20. The van der Waals surface area contributed by atoms with Gasteiger partial charge >= 0.3 is 7.67 Å². The Morgan fingerprint density at radius 2 is 2.00 bits per heavy atom. The predicted octanol–water partition coefficient (Wildman–Crippen LogP) is 0.622. The summed E-state index contributed by atoms with van der Waals surface area (Å²) in [5.74, 6) is 4.88. The first-order valence-corrected chi connectivity index (χ1v) is 5.62. The molecule has 1 heterocycles. The number of rotatable bonds is 1. The third kappa shape index (κ3) is 1.47. The van der Waals surface area contributed by atoms with Crippen LogP contribution in [0.15, 0.2) is 0 Å². The van der Waals surface area contributed by atoms with Crippen LogP contribution in [0.25, 0.3) is 0 Å². The van der Waals surface area contributed by atoms with E-state index in [4.69, 9.17) is 17.4 Å². The molecule has 0 saturated carbocycles. The van der Waals surface area contributed by atoms with Crippen molar-refractivity contribution in [3.8, 4) is 24.7 Å². The largest absolute Gasteiger partial charge is 0.347 e. The molecule has 0 N–H and O–H groups in total. The van der Waals surface area contributed by atoms with Gasteiger partial charge in [-0.25, -0.2) is 9.34 Å². The fourth-order valence-electron chi connectivity index (χ4n) is 1.33. The van der Waals surface area contributed by atoms with Crippen LogP contribution >= 0.6 is 7.67 Å². The van der Waals surface area contributed by atoms with E-state index >= 15 is 0 Å². The molecule has 1 fully saturated rings. The Hall–Kier alpha value is -0.770. The van der Waals surface area contributed by atoms with Crippen LogP contribution in [0.5, 0.6) is 0 Å². The average Bonchev–Trinajstić information content (AvgIpc) is 2.40. The third-order valence-electron chi connectivity index (χ3n) is 2.18. The molecule has 0 amide bonds. The summed E-state index contributed by atoms with van der Waals surface area (Å²) in [6, 6.07) is -0.423. The molecule has 5 heteroatoms. The molecule has 0 bridgehead atoms. The third-order valence-corrected chi connectivity index (χ3v) is 4.74. The SMILES string of the molecule is C#CC1OP(=O)(N(C)C)N(C)C1C#C. The van der Waals surface area contributed by atoms with E-state index in [1.807, 2.05) is 0 Å². The molecule has 0 aromatic rings. The maximum absolute atomic E-state index is 12.2. The first kappa shape index (κ1) is 11.3. The van der Waals surface area contributed by atoms with Crippen molar-refractivity contribution in [3.05, 3.63) is 0 Å². The van der Waals surface area contributed by atoms with Crippen LogP contribution in [0.1, 0.15) is 0 Å². The standard InChI is InChI=1S/C9H13N2O2P/c1-6-8-9(7-2)13-14(12,10(3)4)11(8)5/h1-2,8-9H,3-5H3. The van der Waals surface area contributed by atoms with Gasteiger partial charge in [-0.1, -0.05) is 11.8 Å². The van der Waals surface area contributed by atoms with Crippen molar-refractivity contribution < 1.29 is 9.09 Å². The summed E-state index contributed by atoms with van der Waals surface area (Å²) in [7, 11) is 2.00. The fraction of sp³-hybridized carbons (Fsp3) is 0.556. The number of nitrogens with zero attached hydrogens (tertiary/aromatic N) is 2. The molecular formula is C9H13N2O2P. The highest BCUT2D eigenvalue weighted by atomic mass is 31.2. The van der Waals surface area contributed by atoms with Crippen LogP contribution in [0.3, 0.4) is 0 Å². The summed E-state index contributed by atoms with van der Waals surface area (Å²) >= 11 is 0. The van der Waals surface area contributed by atoms with E-state index < -0.39 is 19.8 Å². The Balaban J connectivity index is 3.06. The number of hydrogen-bond acceptors (Lipinski definition) is 2. The Labute approximate surface area is 84.8 Å². The number of terminal acetylenes is 2. The van der Waals surface area contributed by atoms with Gasteiger partial charge in [-0.2, -0.15) is 0 Å². The zero-order valence-corrected chi connectivity index (χ0v) is 9.36. The summed E-state index contributed by atoms with van der Waals surface area (Å²) in [4.78, 5) is 0. The zero-order chi connectivity index (χ0) is 10.9. The van der Waals surface area contributed by atoms with Crippen LogP contribution in [0, 0.1) is 24.7 Å². The number of likely N-dealkylation sites (N-methyl/N-ethyl adjacent to an activating group) is 1. The van der Waals surface area contributed by atoms with Gasteiger partial charge in [0.05, 0.1) is 0 Å². The second-order valence-electron chi connectivity index (χ2n) is 3.22. The van der Waals surface area contributed by atoms with Gasteiger partial charge in [0, 0.05) is 0 Å². The predicted molar refractivity (Wildman–Crippen MR) is 55.4 cm³/mol. The number of hydrogen-bond donors (Lipinski definition) is 0. The Kier molecular flexibility index (Phi) is 3.04. The van der Waals surface area contributed by atoms with Gasteiger partial charge < -0.3 is 0 Å². The summed E-state index contributed by atoms with van der Waals surface area (Å²) in [6.07, 6.45) is 9.95. The lowest BCUT2D eigenvalue weighted by molar-refractivity contribution is 0.265. The van der Waals surface area contributed by atoms with Gasteiger partial charge in [-0.3, -0.25) is 9.09 Å². The normalized spacial score (nSPS) is 38.1. The molecule has 1 aliphatic rings. The van der Waals surface area contributed by atoms with E-state index in [-0.39, 0.29) is 0 Å². The van der Waals surface area contributed by atoms with Crippen molar-refractivity contribution in [3.63, 3.8) is 0 Å². The van der Waals surface area contributed by atoms with Crippen LogP contribution in [0.4, 0.5) is 0 Å². The summed E-state index contributed by atoms with van der Waals surface area (Å²) in [5.41, 5.74) is 0. The van der Waals surface area contributed by atoms with E-state index in [0.717, 1.165) is 0 Å². The Bertz CT molecular complexity index is 353. The molecule has 0 aromatic heterocycles. The molecule has 0 radical (unpaired) electrons. The highest BCUT2D eigenvalue weighted by Crippen LogP contribution is 2.58. The molecule has 0 aliphatic carbocycles. The lowest BCUT2D eigenvalue weighted by Crippen LogP contribution is -2.30. The molecule has 76 valence electrons. The minimum Gasteiger partial charge on any atom is -0.287 e. The molecule has 14 heavy (non-hydrogen) atoms. The van der Waals surface area contributed by atoms with Crippen LogP contribution < -0.4 is 0 Å². The van der Waals surface area contributed by atoms with E-state index in [9.17, 15) is 4.57 Å². The monoisotopic (exact) mass is 212 g/mol. The van der Waals surface area contributed by atoms with E-state index in [0.29, 0.717) is 0 Å². The zero-order valence-electron chi connectivity index (χ0n) is 8.47. The lowest BCUT2D eigenvalue weighted by Gasteiger charge is -2.24. The lowest BCUT2D eigenvalue weighted by atomic mass is 10.2. The summed E-state index contributed by atoms with van der Waals surface area (Å²) in [5, 5.41) is 0. The molecule has 3 unspecified atom stereocenters. The van der Waals surface area contributed by atoms with Crippen molar-refractivity contribution in [1.29, 1.82) is 0 Å². The van der Waals surface area contributed by atoms with Crippen molar-refractivity contribution >= 4 is 7.67 Å². The van der Waals surface area contributed by atoms with Gasteiger partial charge in [-0.05, 0) is 21.1 Å². The Morgan fingerprint density at radius 1 is 1.43 bits per heavy atom. The quantitative estimate of drug-likeness (QED) is 0.471. The first-order chi connectivity index (χ1) is 6.47. The van der Waals surface area contributed by atoms with E-state index in [2.05, 4.69) is 11.8 Å². The van der Waals surface area contributed by atoms with Gasteiger partial charge in [0.1, 0.15) is 6.04 Å². The maximum Gasteiger partial charge on any atom is 0.347 e. The molecule has 1 aliphatic heterocycles. The van der Waals surface area contributed by atoms with Gasteiger partial charge in [0.25, 0.3) is 0 Å². The second kappa shape index (κ2) is 3.77. The molecule has 0 aromatic carbocycles. The van der Waals surface area contributed by atoms with Crippen molar-refractivity contribution in [2.45, 2.75) is 12.1 Å². The summed E-state index contributed by atoms with van der Waals surface area (Å²) in [6.45, 7) is 0. The average molecular weight is 212 g/mol. The van der Waals surface area contributed by atoms with E-state index in [1.54, 1.807) is 21.1 Å². The molecule has 1 rings (SSSR count). The molecule has 0 spiro atoms. The topological polar surface area (TPSA) is 32.8 Å². The van der Waals surface area contributed by atoms with Crippen molar-refractivity contribution in [2.24, 2.45) is 0 Å². The molecule has 4 nitrogen and oxygen atoms in total. The Morgan fingerprint density at radius 3 is 2.29 bits per heavy atom. The van der Waals surface area contributed by atoms with Crippen molar-refractivity contribution in [1.82, 2.24) is 9.34 Å². The maximum atomic E-state index is 12.2. The molecular weight excluding hydrogens is 199 g/mol. The minimum atomic E-state index is -3.00.